The lowest BCUT2D eigenvalue weighted by Gasteiger charge is -2.04. The monoisotopic (exact) mass is 445 g/mol. The van der Waals surface area contributed by atoms with Gasteiger partial charge in [0.05, 0.1) is 15.6 Å². The van der Waals surface area contributed by atoms with Crippen LogP contribution in [0.5, 0.6) is 0 Å². The number of aromatic amines is 1. The molecule has 3 aromatic heterocycles. The van der Waals surface area contributed by atoms with Crippen molar-refractivity contribution in [3.05, 3.63) is 50.9 Å². The van der Waals surface area contributed by atoms with Crippen molar-refractivity contribution < 1.29 is 9.53 Å². The van der Waals surface area contributed by atoms with Gasteiger partial charge in [-0.3, -0.25) is 9.59 Å². The minimum Gasteiger partial charge on any atom is -0.458 e. The van der Waals surface area contributed by atoms with Crippen molar-refractivity contribution in [2.75, 3.05) is 5.75 Å². The number of carbonyl (C=O) groups is 1. The van der Waals surface area contributed by atoms with Gasteiger partial charge in [-0.15, -0.1) is 22.7 Å². The standard InChI is InChI=1S/C20H19N3O3S3/c1-11-12(2)28-19-17(11)18(25)22-15(23-19)10-26-16(24)8-5-9-27-20-21-13-6-3-4-7-14(13)29-20/h3-4,6-7H,5,8-10H2,1-2H3,(H,22,23,25). The van der Waals surface area contributed by atoms with Crippen LogP contribution in [-0.4, -0.2) is 26.7 Å². The molecule has 0 saturated heterocycles. The van der Waals surface area contributed by atoms with Crippen LogP contribution in [0.15, 0.2) is 33.4 Å². The van der Waals surface area contributed by atoms with Crippen LogP contribution in [0, 0.1) is 13.8 Å². The number of thioether (sulfide) groups is 1. The Labute approximate surface area is 179 Å². The van der Waals surface area contributed by atoms with Gasteiger partial charge in [-0.05, 0) is 38.0 Å². The average molecular weight is 446 g/mol. The van der Waals surface area contributed by atoms with Crippen LogP contribution >= 0.6 is 34.4 Å². The van der Waals surface area contributed by atoms with Crippen LogP contribution in [0.1, 0.15) is 29.1 Å². The Bertz CT molecular complexity index is 1210. The quantitative estimate of drug-likeness (QED) is 0.249. The van der Waals surface area contributed by atoms with Crippen molar-refractivity contribution in [3.63, 3.8) is 0 Å². The number of nitrogens with one attached hydrogen (secondary N) is 1. The number of ether oxygens (including phenoxy) is 1. The molecule has 0 radical (unpaired) electrons. The number of carbonyl (C=O) groups excluding carboxylic acids is 1. The second kappa shape index (κ2) is 8.64. The SMILES string of the molecule is Cc1sc2nc(COC(=O)CCCSc3nc4ccccc4s3)[nH]c(=O)c2c1C. The second-order valence-electron chi connectivity index (χ2n) is 6.54. The third-order valence-electron chi connectivity index (χ3n) is 4.48. The van der Waals surface area contributed by atoms with Crippen LogP contribution in [0.4, 0.5) is 0 Å². The second-order valence-corrected chi connectivity index (χ2v) is 10.1. The molecule has 150 valence electrons. The molecule has 0 spiro atoms. The third-order valence-corrected chi connectivity index (χ3v) is 7.85. The fourth-order valence-corrected chi connectivity index (χ4v) is 6.00. The Hall–Kier alpha value is -2.23. The first-order valence-electron chi connectivity index (χ1n) is 9.14. The lowest BCUT2D eigenvalue weighted by molar-refractivity contribution is -0.145. The molecule has 1 N–H and O–H groups in total. The molecule has 0 fully saturated rings. The van der Waals surface area contributed by atoms with E-state index in [4.69, 9.17) is 4.74 Å². The van der Waals surface area contributed by atoms with E-state index in [1.54, 1.807) is 23.1 Å². The molecule has 0 aliphatic heterocycles. The van der Waals surface area contributed by atoms with Gasteiger partial charge < -0.3 is 9.72 Å². The van der Waals surface area contributed by atoms with Crippen LogP contribution in [0.3, 0.4) is 0 Å². The lowest BCUT2D eigenvalue weighted by atomic mass is 10.2. The smallest absolute Gasteiger partial charge is 0.306 e. The van der Waals surface area contributed by atoms with Gasteiger partial charge in [0.15, 0.2) is 4.34 Å². The minimum absolute atomic E-state index is 0.0228. The fourth-order valence-electron chi connectivity index (χ4n) is 2.88. The lowest BCUT2D eigenvalue weighted by Crippen LogP contribution is -2.14. The zero-order valence-electron chi connectivity index (χ0n) is 16.0. The van der Waals surface area contributed by atoms with Gasteiger partial charge >= 0.3 is 5.97 Å². The molecule has 6 nitrogen and oxygen atoms in total. The number of benzene rings is 1. The van der Waals surface area contributed by atoms with E-state index in [9.17, 15) is 9.59 Å². The average Bonchev–Trinajstić information content (AvgIpc) is 3.24. The first-order valence-corrected chi connectivity index (χ1v) is 11.8. The first kappa shape index (κ1) is 20.1. The molecule has 9 heteroatoms. The zero-order chi connectivity index (χ0) is 20.4. The van der Waals surface area contributed by atoms with Crippen molar-refractivity contribution in [3.8, 4) is 0 Å². The van der Waals surface area contributed by atoms with Crippen LogP contribution in [0.2, 0.25) is 0 Å². The summed E-state index contributed by atoms with van der Waals surface area (Å²) in [5.74, 6) is 0.876. The molecule has 0 aliphatic carbocycles. The number of rotatable bonds is 7. The van der Waals surface area contributed by atoms with Gasteiger partial charge in [0, 0.05) is 17.1 Å². The van der Waals surface area contributed by atoms with Crippen molar-refractivity contribution in [1.29, 1.82) is 0 Å². The molecular weight excluding hydrogens is 426 g/mol. The van der Waals surface area contributed by atoms with Gasteiger partial charge in [0.2, 0.25) is 0 Å². The molecule has 3 heterocycles. The van der Waals surface area contributed by atoms with Crippen molar-refractivity contribution >= 4 is 60.8 Å². The summed E-state index contributed by atoms with van der Waals surface area (Å²) in [5, 5.41) is 0.620. The minimum atomic E-state index is -0.295. The summed E-state index contributed by atoms with van der Waals surface area (Å²) >= 11 is 4.79. The number of para-hydroxylation sites is 1. The summed E-state index contributed by atoms with van der Waals surface area (Å²) in [6, 6.07) is 8.05. The van der Waals surface area contributed by atoms with Crippen LogP contribution in [-0.2, 0) is 16.1 Å². The summed E-state index contributed by atoms with van der Waals surface area (Å²) in [5.41, 5.74) is 1.78. The van der Waals surface area contributed by atoms with Crippen LogP contribution in [0.25, 0.3) is 20.4 Å². The summed E-state index contributed by atoms with van der Waals surface area (Å²) in [6.07, 6.45) is 1.02. The molecule has 4 aromatic rings. The molecule has 0 aliphatic rings. The maximum absolute atomic E-state index is 12.3. The summed E-state index contributed by atoms with van der Waals surface area (Å²) < 4.78 is 7.46. The topological polar surface area (TPSA) is 84.9 Å². The third kappa shape index (κ3) is 4.52. The number of esters is 1. The van der Waals surface area contributed by atoms with Gasteiger partial charge in [-0.25, -0.2) is 9.97 Å². The Morgan fingerprint density at radius 2 is 2.03 bits per heavy atom. The normalized spacial score (nSPS) is 11.4. The number of thiophene rings is 1. The zero-order valence-corrected chi connectivity index (χ0v) is 18.4. The van der Waals surface area contributed by atoms with E-state index in [-0.39, 0.29) is 18.1 Å². The predicted molar refractivity (Wildman–Crippen MR) is 119 cm³/mol. The van der Waals surface area contributed by atoms with Crippen LogP contribution < -0.4 is 5.56 Å². The van der Waals surface area contributed by atoms with E-state index >= 15 is 0 Å². The van der Waals surface area contributed by atoms with Crippen molar-refractivity contribution in [1.82, 2.24) is 15.0 Å². The van der Waals surface area contributed by atoms with Gasteiger partial charge in [-0.1, -0.05) is 23.9 Å². The number of fused-ring (bicyclic) bond motifs is 2. The number of nitrogens with zero attached hydrogens (tertiary/aromatic N) is 2. The highest BCUT2D eigenvalue weighted by Gasteiger charge is 2.13. The van der Waals surface area contributed by atoms with Crippen molar-refractivity contribution in [2.45, 2.75) is 37.6 Å². The van der Waals surface area contributed by atoms with E-state index in [0.29, 0.717) is 28.9 Å². The Morgan fingerprint density at radius 3 is 2.86 bits per heavy atom. The fraction of sp³-hybridized carbons (Fsp3) is 0.300. The number of H-pyrrole nitrogens is 1. The van der Waals surface area contributed by atoms with E-state index in [1.165, 1.54) is 16.0 Å². The number of thiazole rings is 1. The van der Waals surface area contributed by atoms with E-state index in [2.05, 4.69) is 21.0 Å². The number of hydrogen-bond donors (Lipinski definition) is 1. The summed E-state index contributed by atoms with van der Waals surface area (Å²) in [7, 11) is 0. The molecule has 0 amide bonds. The molecule has 29 heavy (non-hydrogen) atoms. The molecule has 0 bridgehead atoms. The number of hydrogen-bond acceptors (Lipinski definition) is 8. The van der Waals surface area contributed by atoms with Gasteiger partial charge in [0.1, 0.15) is 17.3 Å². The van der Waals surface area contributed by atoms with Gasteiger partial charge in [0.25, 0.3) is 5.56 Å². The highest BCUT2D eigenvalue weighted by Crippen LogP contribution is 2.30. The number of aromatic nitrogens is 3. The van der Waals surface area contributed by atoms with E-state index in [0.717, 1.165) is 26.0 Å². The molecule has 0 unspecified atom stereocenters. The molecule has 0 saturated carbocycles. The highest BCUT2D eigenvalue weighted by molar-refractivity contribution is 8.01. The largest absolute Gasteiger partial charge is 0.458 e. The molecule has 0 atom stereocenters. The first-order chi connectivity index (χ1) is 14.0. The van der Waals surface area contributed by atoms with Gasteiger partial charge in [-0.2, -0.15) is 0 Å². The maximum atomic E-state index is 12.3. The summed E-state index contributed by atoms with van der Waals surface area (Å²) in [4.78, 5) is 37.7. The van der Waals surface area contributed by atoms with E-state index < -0.39 is 0 Å². The Morgan fingerprint density at radius 1 is 1.21 bits per heavy atom. The Kier molecular flexibility index (Phi) is 5.98. The molecule has 1 aromatic carbocycles. The van der Waals surface area contributed by atoms with Crippen molar-refractivity contribution in [2.24, 2.45) is 0 Å². The maximum Gasteiger partial charge on any atom is 0.306 e. The summed E-state index contributed by atoms with van der Waals surface area (Å²) in [6.45, 7) is 3.86. The molecule has 4 rings (SSSR count). The van der Waals surface area contributed by atoms with E-state index in [1.807, 2.05) is 32.0 Å². The number of aryl methyl sites for hydroxylation is 2. The highest BCUT2D eigenvalue weighted by atomic mass is 32.2. The predicted octanol–water partition coefficient (Wildman–Crippen LogP) is 4.83. The Balaban J connectivity index is 1.26. The molecular formula is C20H19N3O3S3.